The summed E-state index contributed by atoms with van der Waals surface area (Å²) in [6, 6.07) is 5.43. The van der Waals surface area contributed by atoms with Crippen LogP contribution in [0.5, 0.6) is 0 Å². The zero-order valence-corrected chi connectivity index (χ0v) is 10.6. The lowest BCUT2D eigenvalue weighted by atomic mass is 10.4. The molecule has 0 spiro atoms. The number of carbonyl (C=O) groups excluding carboxylic acids is 1. The summed E-state index contributed by atoms with van der Waals surface area (Å²) in [7, 11) is 0. The molecule has 2 aromatic rings. The summed E-state index contributed by atoms with van der Waals surface area (Å²) in [5.41, 5.74) is -0.474. The molecule has 2 heterocycles. The SMILES string of the molecule is N#CCCNC(=O)Cn1nnn(-c2cccs2)c1=O. The molecule has 0 aliphatic carbocycles. The van der Waals surface area contributed by atoms with Crippen LogP contribution in [-0.4, -0.2) is 32.2 Å². The van der Waals surface area contributed by atoms with Crippen molar-refractivity contribution in [3.8, 4) is 11.1 Å². The predicted octanol–water partition coefficient (Wildman–Crippen LogP) is -0.480. The number of amides is 1. The summed E-state index contributed by atoms with van der Waals surface area (Å²) < 4.78 is 2.11. The third kappa shape index (κ3) is 3.05. The van der Waals surface area contributed by atoms with E-state index < -0.39 is 5.69 Å². The number of tetrazole rings is 1. The highest BCUT2D eigenvalue weighted by Crippen LogP contribution is 2.10. The van der Waals surface area contributed by atoms with Crippen molar-refractivity contribution in [3.63, 3.8) is 0 Å². The van der Waals surface area contributed by atoms with Gasteiger partial charge in [0.2, 0.25) is 5.91 Å². The predicted molar refractivity (Wildman–Crippen MR) is 66.7 cm³/mol. The zero-order chi connectivity index (χ0) is 13.7. The molecule has 0 bridgehead atoms. The second-order valence-electron chi connectivity index (χ2n) is 3.54. The monoisotopic (exact) mass is 278 g/mol. The van der Waals surface area contributed by atoms with E-state index in [2.05, 4.69) is 15.7 Å². The maximum atomic E-state index is 11.9. The second-order valence-corrected chi connectivity index (χ2v) is 4.47. The first kappa shape index (κ1) is 13.0. The molecule has 9 heteroatoms. The van der Waals surface area contributed by atoms with E-state index in [0.29, 0.717) is 5.00 Å². The molecule has 0 unspecified atom stereocenters. The van der Waals surface area contributed by atoms with E-state index in [1.54, 1.807) is 12.1 Å². The Morgan fingerprint density at radius 1 is 1.53 bits per heavy atom. The number of nitrogens with one attached hydrogen (secondary N) is 1. The molecule has 98 valence electrons. The Morgan fingerprint density at radius 2 is 2.37 bits per heavy atom. The number of thiophene rings is 1. The largest absolute Gasteiger partial charge is 0.369 e. The molecule has 2 aromatic heterocycles. The first-order valence-corrected chi connectivity index (χ1v) is 6.30. The Labute approximate surface area is 111 Å². The van der Waals surface area contributed by atoms with Crippen molar-refractivity contribution in [3.05, 3.63) is 28.0 Å². The topological polar surface area (TPSA) is 106 Å². The molecule has 0 saturated heterocycles. The van der Waals surface area contributed by atoms with Crippen molar-refractivity contribution >= 4 is 17.2 Å². The number of rotatable bonds is 5. The minimum atomic E-state index is -0.474. The Kier molecular flexibility index (Phi) is 4.04. The lowest BCUT2D eigenvalue weighted by Gasteiger charge is -2.00. The maximum Gasteiger partial charge on any atom is 0.369 e. The fraction of sp³-hybridized carbons (Fsp3) is 0.300. The van der Waals surface area contributed by atoms with E-state index >= 15 is 0 Å². The van der Waals surface area contributed by atoms with Crippen molar-refractivity contribution in [2.75, 3.05) is 6.54 Å². The maximum absolute atomic E-state index is 11.9. The van der Waals surface area contributed by atoms with E-state index in [9.17, 15) is 9.59 Å². The van der Waals surface area contributed by atoms with Gasteiger partial charge >= 0.3 is 5.69 Å². The van der Waals surface area contributed by atoms with Crippen LogP contribution in [0.1, 0.15) is 6.42 Å². The van der Waals surface area contributed by atoms with E-state index in [1.807, 2.05) is 11.4 Å². The van der Waals surface area contributed by atoms with Gasteiger partial charge in [0, 0.05) is 6.54 Å². The Morgan fingerprint density at radius 3 is 3.05 bits per heavy atom. The van der Waals surface area contributed by atoms with E-state index in [-0.39, 0.29) is 25.4 Å². The molecule has 19 heavy (non-hydrogen) atoms. The van der Waals surface area contributed by atoms with Crippen LogP contribution in [0.15, 0.2) is 22.3 Å². The van der Waals surface area contributed by atoms with Crippen LogP contribution in [0.4, 0.5) is 0 Å². The third-order valence-electron chi connectivity index (χ3n) is 2.21. The smallest absolute Gasteiger partial charge is 0.353 e. The zero-order valence-electron chi connectivity index (χ0n) is 9.81. The van der Waals surface area contributed by atoms with E-state index in [4.69, 9.17) is 5.26 Å². The highest BCUT2D eigenvalue weighted by Gasteiger charge is 2.12. The minimum absolute atomic E-state index is 0.213. The van der Waals surface area contributed by atoms with Crippen LogP contribution >= 0.6 is 11.3 Å². The molecule has 0 aliphatic rings. The summed E-state index contributed by atoms with van der Waals surface area (Å²) in [5.74, 6) is -0.379. The molecule has 0 radical (unpaired) electrons. The average molecular weight is 278 g/mol. The number of carbonyl (C=O) groups is 1. The molecule has 1 N–H and O–H groups in total. The van der Waals surface area contributed by atoms with Crippen molar-refractivity contribution in [2.24, 2.45) is 0 Å². The molecular weight excluding hydrogens is 268 g/mol. The van der Waals surface area contributed by atoms with Gasteiger partial charge in [-0.3, -0.25) is 4.79 Å². The van der Waals surface area contributed by atoms with Crippen LogP contribution in [0.2, 0.25) is 0 Å². The van der Waals surface area contributed by atoms with Crippen LogP contribution in [-0.2, 0) is 11.3 Å². The van der Waals surface area contributed by atoms with Gasteiger partial charge in [-0.25, -0.2) is 4.79 Å². The molecule has 0 fully saturated rings. The number of nitriles is 1. The molecule has 0 atom stereocenters. The fourth-order valence-electron chi connectivity index (χ4n) is 1.35. The van der Waals surface area contributed by atoms with E-state index in [1.165, 1.54) is 11.3 Å². The summed E-state index contributed by atoms with van der Waals surface area (Å²) in [6.45, 7) is 0.0405. The van der Waals surface area contributed by atoms with Gasteiger partial charge in [-0.05, 0) is 27.9 Å². The quantitative estimate of drug-likeness (QED) is 0.744. The van der Waals surface area contributed by atoms with E-state index in [0.717, 1.165) is 9.36 Å². The molecule has 2 rings (SSSR count). The van der Waals surface area contributed by atoms with Crippen LogP contribution < -0.4 is 11.0 Å². The number of nitrogens with zero attached hydrogens (tertiary/aromatic N) is 5. The Balaban J connectivity index is 2.05. The normalized spacial score (nSPS) is 10.1. The molecule has 8 nitrogen and oxygen atoms in total. The standard InChI is InChI=1S/C10H10N6O2S/c11-4-2-5-12-8(17)7-15-10(18)16(14-13-15)9-3-1-6-19-9/h1,3,6H,2,5,7H2,(H,12,17). The highest BCUT2D eigenvalue weighted by atomic mass is 32.1. The number of hydrogen-bond donors (Lipinski definition) is 1. The Hall–Kier alpha value is -2.47. The molecule has 1 amide bonds. The van der Waals surface area contributed by atoms with Gasteiger partial charge in [0.1, 0.15) is 11.5 Å². The fourth-order valence-corrected chi connectivity index (χ4v) is 2.02. The second kappa shape index (κ2) is 5.92. The lowest BCUT2D eigenvalue weighted by Crippen LogP contribution is -2.33. The summed E-state index contributed by atoms with van der Waals surface area (Å²) in [4.78, 5) is 23.4. The Bertz CT molecular complexity index is 650. The lowest BCUT2D eigenvalue weighted by molar-refractivity contribution is -0.121. The summed E-state index contributed by atoms with van der Waals surface area (Å²) >= 11 is 1.35. The van der Waals surface area contributed by atoms with Crippen molar-refractivity contribution < 1.29 is 4.79 Å². The van der Waals surface area contributed by atoms with Gasteiger partial charge in [0.05, 0.1) is 12.5 Å². The minimum Gasteiger partial charge on any atom is -0.353 e. The van der Waals surface area contributed by atoms with Crippen LogP contribution in [0.25, 0.3) is 5.00 Å². The van der Waals surface area contributed by atoms with Gasteiger partial charge in [-0.1, -0.05) is 0 Å². The summed E-state index contributed by atoms with van der Waals surface area (Å²) in [5, 5.41) is 20.6. The average Bonchev–Trinajstić information content (AvgIpc) is 3.01. The van der Waals surface area contributed by atoms with Crippen molar-refractivity contribution in [2.45, 2.75) is 13.0 Å². The van der Waals surface area contributed by atoms with Crippen molar-refractivity contribution in [1.82, 2.24) is 25.1 Å². The number of aromatic nitrogens is 4. The van der Waals surface area contributed by atoms with Crippen LogP contribution in [0, 0.1) is 11.3 Å². The molecule has 0 aromatic carbocycles. The third-order valence-corrected chi connectivity index (χ3v) is 3.05. The highest BCUT2D eigenvalue weighted by molar-refractivity contribution is 7.12. The van der Waals surface area contributed by atoms with Gasteiger partial charge in [-0.2, -0.15) is 14.6 Å². The van der Waals surface area contributed by atoms with Crippen LogP contribution in [0.3, 0.4) is 0 Å². The van der Waals surface area contributed by atoms with Gasteiger partial charge in [0.15, 0.2) is 0 Å². The molecular formula is C10H10N6O2S. The van der Waals surface area contributed by atoms with Gasteiger partial charge in [-0.15, -0.1) is 11.3 Å². The molecule has 0 aliphatic heterocycles. The van der Waals surface area contributed by atoms with Gasteiger partial charge < -0.3 is 5.32 Å². The first-order valence-electron chi connectivity index (χ1n) is 5.42. The first-order chi connectivity index (χ1) is 9.22. The van der Waals surface area contributed by atoms with Gasteiger partial charge in [0.25, 0.3) is 0 Å². The summed E-state index contributed by atoms with van der Waals surface area (Å²) in [6.07, 6.45) is 0.225. The number of hydrogen-bond acceptors (Lipinski definition) is 6. The molecule has 0 saturated carbocycles. The van der Waals surface area contributed by atoms with Crippen molar-refractivity contribution in [1.29, 1.82) is 5.26 Å².